The van der Waals surface area contributed by atoms with Gasteiger partial charge in [0.1, 0.15) is 0 Å². The van der Waals surface area contributed by atoms with Gasteiger partial charge in [-0.25, -0.2) is 0 Å². The van der Waals surface area contributed by atoms with E-state index in [0.29, 0.717) is 0 Å². The summed E-state index contributed by atoms with van der Waals surface area (Å²) < 4.78 is 402. The molecule has 0 unspecified atom stereocenters. The summed E-state index contributed by atoms with van der Waals surface area (Å²) in [5.41, 5.74) is -28.1. The molecule has 0 atom stereocenters. The van der Waals surface area contributed by atoms with Gasteiger partial charge in [-0.05, 0) is 5.56 Å². The highest BCUT2D eigenvalue weighted by molar-refractivity contribution is 5.13. The third-order valence-corrected chi connectivity index (χ3v) is 8.39. The van der Waals surface area contributed by atoms with Crippen LogP contribution in [-0.2, 0) is 44.5 Å². The minimum absolute atomic E-state index is 0.0312. The summed E-state index contributed by atoms with van der Waals surface area (Å²) in [5.74, 6) is 0. The summed E-state index contributed by atoms with van der Waals surface area (Å²) in [6.45, 7) is -18.8. The maximum atomic E-state index is 13.7. The van der Waals surface area contributed by atoms with Gasteiger partial charge in [-0.2, -0.15) is 119 Å². The van der Waals surface area contributed by atoms with E-state index in [1.54, 1.807) is 30.3 Å². The second kappa shape index (κ2) is 22.4. The van der Waals surface area contributed by atoms with Crippen molar-refractivity contribution in [2.75, 3.05) is 79.3 Å². The minimum atomic E-state index is -8.06. The smallest absolute Gasteiger partial charge is 0.378 e. The van der Waals surface area contributed by atoms with Crippen LogP contribution in [0, 0.1) is 5.41 Å². The first-order chi connectivity index (χ1) is 29.9. The van der Waals surface area contributed by atoms with E-state index in [2.05, 4.69) is 18.9 Å². The van der Waals surface area contributed by atoms with E-state index in [0.717, 1.165) is 5.56 Å². The third-order valence-electron chi connectivity index (χ3n) is 8.39. The lowest BCUT2D eigenvalue weighted by Crippen LogP contribution is -2.71. The Morgan fingerprint density at radius 2 is 0.493 bits per heavy atom. The van der Waals surface area contributed by atoms with Crippen LogP contribution in [0.5, 0.6) is 0 Å². The van der Waals surface area contributed by atoms with Crippen molar-refractivity contribution in [3.63, 3.8) is 0 Å². The Morgan fingerprint density at radius 1 is 0.269 bits per heavy atom. The van der Waals surface area contributed by atoms with Gasteiger partial charge in [0.05, 0.1) is 91.3 Å². The number of rotatable bonds is 25. The summed E-state index contributed by atoms with van der Waals surface area (Å²) in [7, 11) is 0. The molecule has 67 heavy (non-hydrogen) atoms. The maximum Gasteiger partial charge on any atom is 0.435 e. The van der Waals surface area contributed by atoms with Gasteiger partial charge in [-0.3, -0.25) is 0 Å². The number of hydrogen-bond acceptors (Lipinski definition) is 8. The van der Waals surface area contributed by atoms with Gasteiger partial charge in [0.15, 0.2) is 0 Å². The van der Waals surface area contributed by atoms with Gasteiger partial charge in [0, 0.05) is 0 Å². The van der Waals surface area contributed by atoms with Crippen LogP contribution in [-0.4, -0.2) is 152 Å². The quantitative estimate of drug-likeness (QED) is 0.0709. The van der Waals surface area contributed by atoms with Crippen molar-refractivity contribution in [2.24, 2.45) is 5.41 Å². The van der Waals surface area contributed by atoms with Crippen LogP contribution < -0.4 is 0 Å². The third kappa shape index (κ3) is 14.8. The highest BCUT2D eigenvalue weighted by Gasteiger charge is 2.88. The SMILES string of the molecule is FC(F)(F)C(OCC(COCCOCCOCCOCCOCc1ccccc1)(COC(C(F)(F)F)(C(F)(F)F)C(F)(F)F)COC(C(F)(F)F)(C(F)(F)F)C(F)(F)F)(C(F)(F)F)C(F)(F)F. The monoisotopic (exact) mass is 1060 g/mol. The van der Waals surface area contributed by atoms with Crippen LogP contribution in [0.25, 0.3) is 0 Å². The second-order valence-electron chi connectivity index (χ2n) is 13.3. The summed E-state index contributed by atoms with van der Waals surface area (Å²) in [6.07, 6.45) is -72.5. The van der Waals surface area contributed by atoms with E-state index in [1.807, 2.05) is 0 Å². The zero-order valence-electron chi connectivity index (χ0n) is 32.6. The Balaban J connectivity index is 3.67. The normalized spacial score (nSPS) is 15.1. The highest BCUT2D eigenvalue weighted by Crippen LogP contribution is 2.59. The van der Waals surface area contributed by atoms with Crippen LogP contribution >= 0.6 is 0 Å². The van der Waals surface area contributed by atoms with Crippen LogP contribution in [0.1, 0.15) is 5.56 Å². The first-order valence-corrected chi connectivity index (χ1v) is 17.4. The van der Waals surface area contributed by atoms with Gasteiger partial charge in [0.2, 0.25) is 0 Å². The molecule has 0 aliphatic heterocycles. The highest BCUT2D eigenvalue weighted by atomic mass is 19.5. The fourth-order valence-corrected chi connectivity index (χ4v) is 5.05. The first kappa shape index (κ1) is 62.0. The number of alkyl halides is 27. The standard InChI is InChI=1S/C32H31F27O8/c33-24(34,35)21(25(36,37)38,26(39,40)41)65-16-20(17-66-22(27(42,43)44,28(45,46)47)29(48,49)50,18-67-23(30(51,52)53,31(54,55)56)32(57,58)59)15-64-13-11-62-9-7-60-6-8-61-10-12-63-14-19-4-2-1-3-5-19/h1-5H,6-18H2. The topological polar surface area (TPSA) is 73.8 Å². The van der Waals surface area contributed by atoms with E-state index >= 15 is 0 Å². The predicted molar refractivity (Wildman–Crippen MR) is 162 cm³/mol. The number of halogens is 27. The molecule has 0 aliphatic carbocycles. The Bertz CT molecular complexity index is 1350. The lowest BCUT2D eigenvalue weighted by Gasteiger charge is -2.45. The van der Waals surface area contributed by atoms with Gasteiger partial charge >= 0.3 is 72.4 Å². The summed E-state index contributed by atoms with van der Waals surface area (Å²) in [6, 6.07) is 8.74. The molecule has 0 fully saturated rings. The minimum Gasteiger partial charge on any atom is -0.378 e. The van der Waals surface area contributed by atoms with Crippen LogP contribution in [0.3, 0.4) is 0 Å². The Labute approximate surface area is 356 Å². The predicted octanol–water partition coefficient (Wildman–Crippen LogP) is 10.6. The van der Waals surface area contributed by atoms with Crippen molar-refractivity contribution < 1.29 is 156 Å². The summed E-state index contributed by atoms with van der Waals surface area (Å²) >= 11 is 0. The molecule has 0 N–H and O–H groups in total. The summed E-state index contributed by atoms with van der Waals surface area (Å²) in [4.78, 5) is 0. The Morgan fingerprint density at radius 3 is 0.731 bits per heavy atom. The lowest BCUT2D eigenvalue weighted by molar-refractivity contribution is -0.474. The molecule has 0 saturated carbocycles. The zero-order chi connectivity index (χ0) is 52.5. The molecule has 0 bridgehead atoms. The van der Waals surface area contributed by atoms with Crippen molar-refractivity contribution in [2.45, 2.75) is 79.0 Å². The second-order valence-corrected chi connectivity index (χ2v) is 13.3. The molecule has 0 radical (unpaired) electrons. The van der Waals surface area contributed by atoms with Crippen LogP contribution in [0.15, 0.2) is 30.3 Å². The molecule has 0 saturated heterocycles. The van der Waals surface area contributed by atoms with E-state index in [-0.39, 0.29) is 33.0 Å². The summed E-state index contributed by atoms with van der Waals surface area (Å²) in [5, 5.41) is 0. The van der Waals surface area contributed by atoms with Gasteiger partial charge in [-0.15, -0.1) is 0 Å². The molecule has 0 amide bonds. The molecule has 0 aromatic heterocycles. The molecule has 1 aromatic rings. The first-order valence-electron chi connectivity index (χ1n) is 17.4. The fraction of sp³-hybridized carbons (Fsp3) is 0.812. The molecule has 8 nitrogen and oxygen atoms in total. The van der Waals surface area contributed by atoms with Crippen molar-refractivity contribution in [1.82, 2.24) is 0 Å². The van der Waals surface area contributed by atoms with E-state index in [9.17, 15) is 119 Å². The van der Waals surface area contributed by atoms with E-state index in [1.165, 1.54) is 0 Å². The molecule has 0 aliphatic rings. The fourth-order valence-electron chi connectivity index (χ4n) is 5.05. The average Bonchev–Trinajstić information content (AvgIpc) is 3.09. The van der Waals surface area contributed by atoms with Gasteiger partial charge in [0.25, 0.3) is 0 Å². The van der Waals surface area contributed by atoms with Crippen molar-refractivity contribution in [3.05, 3.63) is 35.9 Å². The van der Waals surface area contributed by atoms with Gasteiger partial charge in [-0.1, -0.05) is 30.3 Å². The van der Waals surface area contributed by atoms with Crippen molar-refractivity contribution in [1.29, 1.82) is 0 Å². The van der Waals surface area contributed by atoms with E-state index < -0.39 is 131 Å². The molecule has 35 heteroatoms. The average molecular weight is 1060 g/mol. The van der Waals surface area contributed by atoms with Crippen LogP contribution in [0.2, 0.25) is 0 Å². The largest absolute Gasteiger partial charge is 0.435 e. The molecule has 396 valence electrons. The maximum absolute atomic E-state index is 13.7. The molecular weight excluding hydrogens is 1030 g/mol. The van der Waals surface area contributed by atoms with Gasteiger partial charge < -0.3 is 37.9 Å². The Hall–Kier alpha value is -2.99. The molecule has 0 heterocycles. The van der Waals surface area contributed by atoms with Crippen molar-refractivity contribution in [3.8, 4) is 0 Å². The zero-order valence-corrected chi connectivity index (χ0v) is 32.6. The number of benzene rings is 1. The number of ether oxygens (including phenoxy) is 8. The van der Waals surface area contributed by atoms with E-state index in [4.69, 9.17) is 18.9 Å². The van der Waals surface area contributed by atoms with Crippen molar-refractivity contribution >= 4 is 0 Å². The van der Waals surface area contributed by atoms with Crippen LogP contribution in [0.4, 0.5) is 119 Å². The Kier molecular flexibility index (Phi) is 20.7. The molecule has 0 spiro atoms. The lowest BCUT2D eigenvalue weighted by atomic mass is 9.89. The molecule has 1 aromatic carbocycles. The number of hydrogen-bond donors (Lipinski definition) is 0. The molecule has 1 rings (SSSR count). The molecular formula is C32H31F27O8.